The van der Waals surface area contributed by atoms with Crippen LogP contribution in [0.4, 0.5) is 5.82 Å². The third-order valence-electron chi connectivity index (χ3n) is 4.80. The molecule has 3 rings (SSSR count). The highest BCUT2D eigenvalue weighted by atomic mass is 16.5. The summed E-state index contributed by atoms with van der Waals surface area (Å²) in [6.07, 6.45) is 6.41. The molecule has 0 radical (unpaired) electrons. The molecule has 0 amide bonds. The van der Waals surface area contributed by atoms with Gasteiger partial charge in [-0.1, -0.05) is 31.8 Å². The first-order valence-electron chi connectivity index (χ1n) is 8.85. The first-order valence-corrected chi connectivity index (χ1v) is 8.85. The number of nitrogens with zero attached hydrogens (tertiary/aromatic N) is 3. The predicted molar refractivity (Wildman–Crippen MR) is 92.7 cm³/mol. The van der Waals surface area contributed by atoms with Crippen LogP contribution in [0.5, 0.6) is 0 Å². The molecule has 1 aliphatic rings. The summed E-state index contributed by atoms with van der Waals surface area (Å²) >= 11 is 0. The lowest BCUT2D eigenvalue weighted by Crippen LogP contribution is -2.38. The normalized spacial score (nSPS) is 21.2. The summed E-state index contributed by atoms with van der Waals surface area (Å²) in [6.45, 7) is 7.09. The standard InChI is InChI=1S/C18H26N4O2/c1-4-13(5-2)16-11-14(8-10-23-16)21-17-15(7-6-9-19-17)18-20-12(3)22-24-18/h6-7,9,13-14,16H,4-5,8,10-11H2,1-3H3,(H,19,21). The molecule has 1 N–H and O–H groups in total. The van der Waals surface area contributed by atoms with Crippen molar-refractivity contribution in [2.24, 2.45) is 5.92 Å². The Morgan fingerprint density at radius 3 is 2.88 bits per heavy atom. The molecule has 0 saturated carbocycles. The molecular formula is C18H26N4O2. The minimum atomic E-state index is 0.323. The Labute approximate surface area is 143 Å². The Morgan fingerprint density at radius 2 is 2.17 bits per heavy atom. The lowest BCUT2D eigenvalue weighted by molar-refractivity contribution is -0.0271. The zero-order valence-corrected chi connectivity index (χ0v) is 14.7. The molecule has 2 atom stereocenters. The van der Waals surface area contributed by atoms with Gasteiger partial charge in [-0.25, -0.2) is 4.98 Å². The van der Waals surface area contributed by atoms with E-state index in [0.717, 1.165) is 43.7 Å². The van der Waals surface area contributed by atoms with Gasteiger partial charge in [-0.05, 0) is 37.8 Å². The predicted octanol–water partition coefficient (Wildman–Crippen LogP) is 3.84. The molecule has 6 nitrogen and oxygen atoms in total. The lowest BCUT2D eigenvalue weighted by atomic mass is 9.89. The second-order valence-electron chi connectivity index (χ2n) is 6.40. The Balaban J connectivity index is 1.74. The van der Waals surface area contributed by atoms with Crippen molar-refractivity contribution in [3.63, 3.8) is 0 Å². The number of aryl methyl sites for hydroxylation is 1. The van der Waals surface area contributed by atoms with Crippen molar-refractivity contribution < 1.29 is 9.26 Å². The number of hydrogen-bond acceptors (Lipinski definition) is 6. The smallest absolute Gasteiger partial charge is 0.261 e. The Morgan fingerprint density at radius 1 is 1.33 bits per heavy atom. The number of hydrogen-bond donors (Lipinski definition) is 1. The topological polar surface area (TPSA) is 73.1 Å². The number of nitrogens with one attached hydrogen (secondary N) is 1. The number of anilines is 1. The fraction of sp³-hybridized carbons (Fsp3) is 0.611. The molecule has 2 aromatic rings. The van der Waals surface area contributed by atoms with Crippen LogP contribution in [0.3, 0.4) is 0 Å². The summed E-state index contributed by atoms with van der Waals surface area (Å²) in [7, 11) is 0. The molecule has 1 aliphatic heterocycles. The summed E-state index contributed by atoms with van der Waals surface area (Å²) < 4.78 is 11.3. The maximum Gasteiger partial charge on any atom is 0.261 e. The molecule has 1 fully saturated rings. The second kappa shape index (κ2) is 7.75. The van der Waals surface area contributed by atoms with E-state index >= 15 is 0 Å². The van der Waals surface area contributed by atoms with Crippen LogP contribution in [0.25, 0.3) is 11.5 Å². The average molecular weight is 330 g/mol. The van der Waals surface area contributed by atoms with Gasteiger partial charge in [0.2, 0.25) is 0 Å². The van der Waals surface area contributed by atoms with Gasteiger partial charge in [-0.3, -0.25) is 0 Å². The zero-order valence-electron chi connectivity index (χ0n) is 14.7. The Bertz CT molecular complexity index is 654. The molecular weight excluding hydrogens is 304 g/mol. The van der Waals surface area contributed by atoms with Gasteiger partial charge in [-0.2, -0.15) is 4.98 Å². The van der Waals surface area contributed by atoms with Crippen molar-refractivity contribution in [3.8, 4) is 11.5 Å². The fourth-order valence-corrected chi connectivity index (χ4v) is 3.39. The van der Waals surface area contributed by atoms with E-state index in [0.29, 0.717) is 29.8 Å². The molecule has 0 aliphatic carbocycles. The monoisotopic (exact) mass is 330 g/mol. The van der Waals surface area contributed by atoms with Crippen molar-refractivity contribution in [1.82, 2.24) is 15.1 Å². The first-order chi connectivity index (χ1) is 11.7. The molecule has 0 spiro atoms. The van der Waals surface area contributed by atoms with E-state index < -0.39 is 0 Å². The van der Waals surface area contributed by atoms with Crippen molar-refractivity contribution in [1.29, 1.82) is 0 Å². The minimum Gasteiger partial charge on any atom is -0.378 e. The molecule has 3 heterocycles. The summed E-state index contributed by atoms with van der Waals surface area (Å²) in [5.74, 6) is 2.55. The highest BCUT2D eigenvalue weighted by molar-refractivity contribution is 5.68. The number of aromatic nitrogens is 3. The highest BCUT2D eigenvalue weighted by Gasteiger charge is 2.28. The molecule has 0 aromatic carbocycles. The summed E-state index contributed by atoms with van der Waals surface area (Å²) in [4.78, 5) is 8.81. The summed E-state index contributed by atoms with van der Waals surface area (Å²) in [6, 6.07) is 4.19. The quantitative estimate of drug-likeness (QED) is 0.867. The lowest BCUT2D eigenvalue weighted by Gasteiger charge is -2.34. The molecule has 2 unspecified atom stereocenters. The van der Waals surface area contributed by atoms with Gasteiger partial charge in [0.1, 0.15) is 5.82 Å². The third-order valence-corrected chi connectivity index (χ3v) is 4.80. The van der Waals surface area contributed by atoms with Gasteiger partial charge >= 0.3 is 0 Å². The van der Waals surface area contributed by atoms with E-state index in [1.807, 2.05) is 19.1 Å². The van der Waals surface area contributed by atoms with Gasteiger partial charge in [0.05, 0.1) is 11.7 Å². The van der Waals surface area contributed by atoms with E-state index in [2.05, 4.69) is 34.3 Å². The third kappa shape index (κ3) is 3.75. The van der Waals surface area contributed by atoms with E-state index in [-0.39, 0.29) is 0 Å². The molecule has 24 heavy (non-hydrogen) atoms. The Kier molecular flexibility index (Phi) is 5.45. The minimum absolute atomic E-state index is 0.323. The first kappa shape index (κ1) is 16.9. The molecule has 6 heteroatoms. The van der Waals surface area contributed by atoms with Gasteiger partial charge in [0.15, 0.2) is 5.82 Å². The molecule has 1 saturated heterocycles. The largest absolute Gasteiger partial charge is 0.378 e. The average Bonchev–Trinajstić information content (AvgIpc) is 3.03. The molecule has 130 valence electrons. The SMILES string of the molecule is CCC(CC)C1CC(Nc2ncccc2-c2nc(C)no2)CCO1. The van der Waals surface area contributed by atoms with Crippen molar-refractivity contribution in [3.05, 3.63) is 24.2 Å². The van der Waals surface area contributed by atoms with Gasteiger partial charge in [0, 0.05) is 18.8 Å². The van der Waals surface area contributed by atoms with E-state index in [9.17, 15) is 0 Å². The van der Waals surface area contributed by atoms with E-state index in [4.69, 9.17) is 9.26 Å². The van der Waals surface area contributed by atoms with Crippen LogP contribution in [0.15, 0.2) is 22.9 Å². The van der Waals surface area contributed by atoms with Crippen LogP contribution in [-0.2, 0) is 4.74 Å². The van der Waals surface area contributed by atoms with Gasteiger partial charge in [0.25, 0.3) is 5.89 Å². The van der Waals surface area contributed by atoms with Crippen molar-refractivity contribution in [2.75, 3.05) is 11.9 Å². The maximum absolute atomic E-state index is 6.01. The molecule has 0 bridgehead atoms. The number of pyridine rings is 1. The van der Waals surface area contributed by atoms with Crippen LogP contribution in [0, 0.1) is 12.8 Å². The van der Waals surface area contributed by atoms with Crippen LogP contribution >= 0.6 is 0 Å². The molecule has 2 aromatic heterocycles. The van der Waals surface area contributed by atoms with Crippen molar-refractivity contribution in [2.45, 2.75) is 58.6 Å². The van der Waals surface area contributed by atoms with Crippen LogP contribution in [0.1, 0.15) is 45.4 Å². The zero-order chi connectivity index (χ0) is 16.9. The van der Waals surface area contributed by atoms with E-state index in [1.165, 1.54) is 0 Å². The summed E-state index contributed by atoms with van der Waals surface area (Å²) in [5.41, 5.74) is 0.851. The van der Waals surface area contributed by atoms with Crippen molar-refractivity contribution >= 4 is 5.82 Å². The van der Waals surface area contributed by atoms with E-state index in [1.54, 1.807) is 6.20 Å². The number of rotatable bonds is 6. The van der Waals surface area contributed by atoms with Gasteiger partial charge in [-0.15, -0.1) is 0 Å². The summed E-state index contributed by atoms with van der Waals surface area (Å²) in [5, 5.41) is 7.45. The van der Waals surface area contributed by atoms with Crippen LogP contribution < -0.4 is 5.32 Å². The van der Waals surface area contributed by atoms with Gasteiger partial charge < -0.3 is 14.6 Å². The highest BCUT2D eigenvalue weighted by Crippen LogP contribution is 2.29. The fourth-order valence-electron chi connectivity index (χ4n) is 3.39. The maximum atomic E-state index is 6.01. The van der Waals surface area contributed by atoms with Crippen LogP contribution in [-0.4, -0.2) is 33.9 Å². The Hall–Kier alpha value is -1.95. The van der Waals surface area contributed by atoms with Crippen LogP contribution in [0.2, 0.25) is 0 Å². The second-order valence-corrected chi connectivity index (χ2v) is 6.40. The number of ether oxygens (including phenoxy) is 1.